The van der Waals surface area contributed by atoms with E-state index in [1.165, 1.54) is 26.4 Å². The fourth-order valence-electron chi connectivity index (χ4n) is 3.42. The predicted molar refractivity (Wildman–Crippen MR) is 100 cm³/mol. The molecule has 3 N–H and O–H groups in total. The van der Waals surface area contributed by atoms with Gasteiger partial charge in [-0.15, -0.1) is 0 Å². The predicted octanol–water partition coefficient (Wildman–Crippen LogP) is 3.00. The molecule has 1 aliphatic carbocycles. The van der Waals surface area contributed by atoms with E-state index in [1.54, 1.807) is 6.07 Å². The molecule has 1 aliphatic rings. The molecule has 0 heterocycles. The number of ether oxygens (including phenoxy) is 2. The highest BCUT2D eigenvalue weighted by Crippen LogP contribution is 2.36. The number of carbonyl (C=O) groups excluding carboxylic acids is 1. The summed E-state index contributed by atoms with van der Waals surface area (Å²) in [5.41, 5.74) is 8.20. The van der Waals surface area contributed by atoms with E-state index in [1.807, 2.05) is 12.1 Å². The van der Waals surface area contributed by atoms with E-state index in [0.717, 1.165) is 30.4 Å². The second-order valence-electron chi connectivity index (χ2n) is 6.36. The van der Waals surface area contributed by atoms with Gasteiger partial charge >= 0.3 is 0 Å². The van der Waals surface area contributed by atoms with Gasteiger partial charge in [0, 0.05) is 11.8 Å². The van der Waals surface area contributed by atoms with Crippen molar-refractivity contribution < 1.29 is 19.2 Å². The molecule has 0 radical (unpaired) electrons. The molecule has 1 amide bonds. The lowest BCUT2D eigenvalue weighted by Crippen LogP contribution is -2.31. The van der Waals surface area contributed by atoms with Crippen molar-refractivity contribution in [3.8, 4) is 11.5 Å². The quantitative estimate of drug-likeness (QED) is 0.474. The van der Waals surface area contributed by atoms with Gasteiger partial charge in [-0.05, 0) is 42.5 Å². The number of nitrogens with zero attached hydrogens (tertiary/aromatic N) is 1. The van der Waals surface area contributed by atoms with Crippen molar-refractivity contribution in [2.24, 2.45) is 0 Å². The number of nitrogens with one attached hydrogen (secondary N) is 1. The van der Waals surface area contributed by atoms with E-state index in [0.29, 0.717) is 5.69 Å². The minimum absolute atomic E-state index is 0.0692. The van der Waals surface area contributed by atoms with Crippen LogP contribution in [0.4, 0.5) is 11.4 Å². The van der Waals surface area contributed by atoms with Gasteiger partial charge in [0.2, 0.25) is 0 Å². The Morgan fingerprint density at radius 1 is 1.22 bits per heavy atom. The van der Waals surface area contributed by atoms with Crippen molar-refractivity contribution >= 4 is 17.3 Å². The lowest BCUT2D eigenvalue weighted by molar-refractivity contribution is -0.385. The Labute approximate surface area is 156 Å². The average Bonchev–Trinajstić information content (AvgIpc) is 2.66. The van der Waals surface area contributed by atoms with Gasteiger partial charge in [0.15, 0.2) is 11.5 Å². The molecule has 2 aromatic rings. The number of amides is 1. The number of rotatable bonds is 5. The molecule has 8 heteroatoms. The Balaban J connectivity index is 1.94. The zero-order valence-corrected chi connectivity index (χ0v) is 15.2. The molecule has 0 aromatic heterocycles. The van der Waals surface area contributed by atoms with Crippen LogP contribution < -0.4 is 20.5 Å². The van der Waals surface area contributed by atoms with Crippen LogP contribution >= 0.6 is 0 Å². The summed E-state index contributed by atoms with van der Waals surface area (Å²) in [4.78, 5) is 23.7. The number of carbonyl (C=O) groups is 1. The zero-order valence-electron chi connectivity index (χ0n) is 15.2. The molecule has 0 saturated carbocycles. The van der Waals surface area contributed by atoms with Crippen LogP contribution in [-0.2, 0) is 6.42 Å². The SMILES string of the molecule is COc1cc(C(=O)NC2CCCc3cc(N)ccc32)c([N+](=O)[O-])cc1OC. The van der Waals surface area contributed by atoms with Gasteiger partial charge in [-0.25, -0.2) is 0 Å². The maximum absolute atomic E-state index is 12.8. The van der Waals surface area contributed by atoms with Gasteiger partial charge in [-0.3, -0.25) is 14.9 Å². The number of hydrogen-bond acceptors (Lipinski definition) is 6. The van der Waals surface area contributed by atoms with Crippen molar-refractivity contribution in [2.45, 2.75) is 25.3 Å². The van der Waals surface area contributed by atoms with Crippen LogP contribution in [0.15, 0.2) is 30.3 Å². The van der Waals surface area contributed by atoms with Gasteiger partial charge in [-0.1, -0.05) is 6.07 Å². The first-order valence-electron chi connectivity index (χ1n) is 8.54. The van der Waals surface area contributed by atoms with Crippen LogP contribution in [0.25, 0.3) is 0 Å². The van der Waals surface area contributed by atoms with Crippen molar-refractivity contribution in [2.75, 3.05) is 20.0 Å². The van der Waals surface area contributed by atoms with Crippen LogP contribution in [0.3, 0.4) is 0 Å². The number of methoxy groups -OCH3 is 2. The van der Waals surface area contributed by atoms with Crippen LogP contribution in [0, 0.1) is 10.1 Å². The number of anilines is 1. The molecule has 1 atom stereocenters. The molecular formula is C19H21N3O5. The third-order valence-electron chi connectivity index (χ3n) is 4.73. The summed E-state index contributed by atoms with van der Waals surface area (Å²) in [5, 5.41) is 14.4. The molecule has 8 nitrogen and oxygen atoms in total. The first-order chi connectivity index (χ1) is 12.9. The summed E-state index contributed by atoms with van der Waals surface area (Å²) in [5.74, 6) is -0.0818. The highest BCUT2D eigenvalue weighted by atomic mass is 16.6. The summed E-state index contributed by atoms with van der Waals surface area (Å²) in [6, 6.07) is 7.91. The minimum Gasteiger partial charge on any atom is -0.493 e. The van der Waals surface area contributed by atoms with Gasteiger partial charge in [0.05, 0.1) is 31.3 Å². The summed E-state index contributed by atoms with van der Waals surface area (Å²) < 4.78 is 10.3. The first-order valence-corrected chi connectivity index (χ1v) is 8.54. The van der Waals surface area contributed by atoms with E-state index in [-0.39, 0.29) is 28.8 Å². The molecule has 3 rings (SSSR count). The third kappa shape index (κ3) is 3.64. The Kier molecular flexibility index (Phi) is 5.16. The maximum Gasteiger partial charge on any atom is 0.286 e. The Bertz CT molecular complexity index is 897. The molecule has 142 valence electrons. The fourth-order valence-corrected chi connectivity index (χ4v) is 3.42. The van der Waals surface area contributed by atoms with Gasteiger partial charge in [0.25, 0.3) is 11.6 Å². The zero-order chi connectivity index (χ0) is 19.6. The first kappa shape index (κ1) is 18.5. The van der Waals surface area contributed by atoms with Gasteiger partial charge in [-0.2, -0.15) is 0 Å². The lowest BCUT2D eigenvalue weighted by atomic mass is 9.87. The lowest BCUT2D eigenvalue weighted by Gasteiger charge is -2.26. The van der Waals surface area contributed by atoms with E-state index in [4.69, 9.17) is 15.2 Å². The Hall–Kier alpha value is -3.29. The number of nitrogens with two attached hydrogens (primary N) is 1. The summed E-state index contributed by atoms with van der Waals surface area (Å²) in [6.07, 6.45) is 2.54. The molecule has 2 aromatic carbocycles. The number of hydrogen-bond donors (Lipinski definition) is 2. The fraction of sp³-hybridized carbons (Fsp3) is 0.316. The summed E-state index contributed by atoms with van der Waals surface area (Å²) >= 11 is 0. The third-order valence-corrected chi connectivity index (χ3v) is 4.73. The van der Waals surface area contributed by atoms with E-state index < -0.39 is 10.8 Å². The highest BCUT2D eigenvalue weighted by molar-refractivity contribution is 5.99. The number of nitro benzene ring substituents is 1. The Morgan fingerprint density at radius 2 is 1.93 bits per heavy atom. The number of fused-ring (bicyclic) bond motifs is 1. The molecule has 0 spiro atoms. The van der Waals surface area contributed by atoms with E-state index in [9.17, 15) is 14.9 Å². The van der Waals surface area contributed by atoms with Crippen LogP contribution in [-0.4, -0.2) is 25.1 Å². The van der Waals surface area contributed by atoms with Crippen molar-refractivity contribution in [3.05, 3.63) is 57.1 Å². The monoisotopic (exact) mass is 371 g/mol. The number of nitro groups is 1. The van der Waals surface area contributed by atoms with Gasteiger partial charge < -0.3 is 20.5 Å². The summed E-state index contributed by atoms with van der Waals surface area (Å²) in [6.45, 7) is 0. The summed E-state index contributed by atoms with van der Waals surface area (Å²) in [7, 11) is 2.79. The average molecular weight is 371 g/mol. The molecule has 1 unspecified atom stereocenters. The number of benzene rings is 2. The molecule has 27 heavy (non-hydrogen) atoms. The molecular weight excluding hydrogens is 350 g/mol. The number of aryl methyl sites for hydroxylation is 1. The molecule has 0 saturated heterocycles. The molecule has 0 fully saturated rings. The maximum atomic E-state index is 12.8. The highest BCUT2D eigenvalue weighted by Gasteiger charge is 2.28. The van der Waals surface area contributed by atoms with Crippen molar-refractivity contribution in [1.82, 2.24) is 5.32 Å². The normalized spacial score (nSPS) is 15.6. The standard InChI is InChI=1S/C19H21N3O5/c1-26-17-9-14(16(22(24)25)10-18(17)27-2)19(23)21-15-5-3-4-11-8-12(20)6-7-13(11)15/h6-10,15H,3-5,20H2,1-2H3,(H,21,23). The number of nitrogen functional groups attached to an aromatic ring is 1. The van der Waals surface area contributed by atoms with Crippen LogP contribution in [0.5, 0.6) is 11.5 Å². The van der Waals surface area contributed by atoms with Crippen LogP contribution in [0.1, 0.15) is 40.4 Å². The second kappa shape index (κ2) is 7.53. The second-order valence-corrected chi connectivity index (χ2v) is 6.36. The molecule has 0 bridgehead atoms. The smallest absolute Gasteiger partial charge is 0.286 e. The molecule has 0 aliphatic heterocycles. The van der Waals surface area contributed by atoms with E-state index in [2.05, 4.69) is 5.32 Å². The topological polar surface area (TPSA) is 117 Å². The van der Waals surface area contributed by atoms with Gasteiger partial charge in [0.1, 0.15) is 5.56 Å². The van der Waals surface area contributed by atoms with E-state index >= 15 is 0 Å². The minimum atomic E-state index is -0.605. The largest absolute Gasteiger partial charge is 0.493 e. The Morgan fingerprint density at radius 3 is 2.59 bits per heavy atom. The van der Waals surface area contributed by atoms with Crippen molar-refractivity contribution in [3.63, 3.8) is 0 Å². The van der Waals surface area contributed by atoms with Crippen LogP contribution in [0.2, 0.25) is 0 Å². The van der Waals surface area contributed by atoms with Crippen molar-refractivity contribution in [1.29, 1.82) is 0 Å².